The summed E-state index contributed by atoms with van der Waals surface area (Å²) in [6, 6.07) is 0. The molecule has 0 saturated heterocycles. The summed E-state index contributed by atoms with van der Waals surface area (Å²) in [6.07, 6.45) is 7.67. The van der Waals surface area contributed by atoms with Gasteiger partial charge in [-0.1, -0.05) is 19.8 Å². The zero-order valence-electron chi connectivity index (χ0n) is 11.5. The van der Waals surface area contributed by atoms with Gasteiger partial charge in [0.25, 0.3) is 0 Å². The van der Waals surface area contributed by atoms with Crippen LogP contribution in [0.4, 0.5) is 0 Å². The van der Waals surface area contributed by atoms with E-state index in [1.54, 1.807) is 0 Å². The Balaban J connectivity index is 1.99. The summed E-state index contributed by atoms with van der Waals surface area (Å²) in [5.41, 5.74) is -0.420. The lowest BCUT2D eigenvalue weighted by molar-refractivity contribution is -0.148. The van der Waals surface area contributed by atoms with Crippen molar-refractivity contribution in [1.82, 2.24) is 5.32 Å². The monoisotopic (exact) mass is 271 g/mol. The maximum atomic E-state index is 12.2. The average Bonchev–Trinajstić information content (AvgIpc) is 3.11. The fraction of sp³-hybridized carbons (Fsp3) is 0.929. The molecule has 3 nitrogen and oxygen atoms in total. The molecule has 0 amide bonds. The van der Waals surface area contributed by atoms with Gasteiger partial charge in [0.1, 0.15) is 5.54 Å². The quantitative estimate of drug-likeness (QED) is 0.722. The fourth-order valence-electron chi connectivity index (χ4n) is 2.99. The van der Waals surface area contributed by atoms with Gasteiger partial charge in [0, 0.05) is 11.0 Å². The van der Waals surface area contributed by atoms with Crippen molar-refractivity contribution in [1.29, 1.82) is 0 Å². The maximum Gasteiger partial charge on any atom is 0.327 e. The average molecular weight is 271 g/mol. The molecule has 0 aromatic rings. The van der Waals surface area contributed by atoms with Crippen molar-refractivity contribution >= 4 is 17.7 Å². The van der Waals surface area contributed by atoms with Crippen LogP contribution in [0.15, 0.2) is 0 Å². The summed E-state index contributed by atoms with van der Waals surface area (Å²) in [4.78, 5) is 12.2. The summed E-state index contributed by atoms with van der Waals surface area (Å²) in [5, 5.41) is 4.19. The number of carbonyl (C=O) groups excluding carboxylic acids is 1. The Morgan fingerprint density at radius 2 is 2.00 bits per heavy atom. The van der Waals surface area contributed by atoms with Crippen molar-refractivity contribution < 1.29 is 9.53 Å². The van der Waals surface area contributed by atoms with Crippen LogP contribution in [0.1, 0.15) is 45.4 Å². The van der Waals surface area contributed by atoms with Crippen LogP contribution in [-0.4, -0.2) is 36.2 Å². The molecule has 1 atom stereocenters. The van der Waals surface area contributed by atoms with Crippen molar-refractivity contribution in [3.05, 3.63) is 0 Å². The maximum absolute atomic E-state index is 12.2. The SMILES string of the molecule is CCNC(CSC1CCCC1)(C(=O)OC)C1CC1. The number of carbonyl (C=O) groups is 1. The number of hydrogen-bond donors (Lipinski definition) is 1. The molecule has 0 spiro atoms. The second-order valence-corrected chi connectivity index (χ2v) is 6.77. The Morgan fingerprint density at radius 3 is 2.50 bits per heavy atom. The van der Waals surface area contributed by atoms with E-state index in [0.717, 1.165) is 30.4 Å². The highest BCUT2D eigenvalue weighted by molar-refractivity contribution is 8.00. The van der Waals surface area contributed by atoms with Crippen molar-refractivity contribution in [2.45, 2.75) is 56.2 Å². The number of nitrogens with one attached hydrogen (secondary N) is 1. The molecule has 4 heteroatoms. The van der Waals surface area contributed by atoms with Crippen LogP contribution >= 0.6 is 11.8 Å². The minimum absolute atomic E-state index is 0.0580. The molecule has 0 aliphatic heterocycles. The van der Waals surface area contributed by atoms with E-state index in [1.165, 1.54) is 32.8 Å². The van der Waals surface area contributed by atoms with E-state index >= 15 is 0 Å². The molecule has 18 heavy (non-hydrogen) atoms. The summed E-state index contributed by atoms with van der Waals surface area (Å²) >= 11 is 1.98. The topological polar surface area (TPSA) is 38.3 Å². The van der Waals surface area contributed by atoms with Crippen molar-refractivity contribution in [3.8, 4) is 0 Å². The Morgan fingerprint density at radius 1 is 1.33 bits per heavy atom. The van der Waals surface area contributed by atoms with E-state index in [1.807, 2.05) is 11.8 Å². The van der Waals surface area contributed by atoms with Gasteiger partial charge in [-0.25, -0.2) is 0 Å². The molecule has 2 fully saturated rings. The van der Waals surface area contributed by atoms with Crippen LogP contribution in [0.3, 0.4) is 0 Å². The number of methoxy groups -OCH3 is 1. The first-order valence-corrected chi connectivity index (χ1v) is 8.23. The second-order valence-electron chi connectivity index (χ2n) is 5.49. The van der Waals surface area contributed by atoms with E-state index in [9.17, 15) is 4.79 Å². The number of ether oxygens (including phenoxy) is 1. The molecule has 1 unspecified atom stereocenters. The lowest BCUT2D eigenvalue weighted by Gasteiger charge is -2.32. The molecule has 0 heterocycles. The second kappa shape index (κ2) is 6.29. The molecular weight excluding hydrogens is 246 g/mol. The summed E-state index contributed by atoms with van der Waals surface area (Å²) < 4.78 is 5.07. The Bertz CT molecular complexity index is 288. The van der Waals surface area contributed by atoms with Crippen LogP contribution in [0.2, 0.25) is 0 Å². The first-order valence-electron chi connectivity index (χ1n) is 7.18. The van der Waals surface area contributed by atoms with Gasteiger partial charge < -0.3 is 10.1 Å². The lowest BCUT2D eigenvalue weighted by Crippen LogP contribution is -2.57. The minimum Gasteiger partial charge on any atom is -0.468 e. The van der Waals surface area contributed by atoms with E-state index in [2.05, 4.69) is 12.2 Å². The molecule has 0 aromatic heterocycles. The molecule has 0 bridgehead atoms. The lowest BCUT2D eigenvalue weighted by atomic mass is 9.95. The highest BCUT2D eigenvalue weighted by Gasteiger charge is 2.51. The molecule has 1 N–H and O–H groups in total. The van der Waals surface area contributed by atoms with E-state index in [-0.39, 0.29) is 5.97 Å². The van der Waals surface area contributed by atoms with Gasteiger partial charge in [-0.05, 0) is 38.1 Å². The number of hydrogen-bond acceptors (Lipinski definition) is 4. The number of rotatable bonds is 7. The largest absolute Gasteiger partial charge is 0.468 e. The zero-order valence-corrected chi connectivity index (χ0v) is 12.4. The van der Waals surface area contributed by atoms with Crippen molar-refractivity contribution in [3.63, 3.8) is 0 Å². The van der Waals surface area contributed by atoms with Crippen LogP contribution in [0, 0.1) is 5.92 Å². The first-order chi connectivity index (χ1) is 8.73. The Labute approximate surface area is 114 Å². The highest BCUT2D eigenvalue weighted by atomic mass is 32.2. The van der Waals surface area contributed by atoms with E-state index in [4.69, 9.17) is 4.74 Å². The van der Waals surface area contributed by atoms with E-state index in [0.29, 0.717) is 5.92 Å². The number of thioether (sulfide) groups is 1. The molecule has 0 aromatic carbocycles. The van der Waals surface area contributed by atoms with Crippen molar-refractivity contribution in [2.75, 3.05) is 19.4 Å². The predicted octanol–water partition coefficient (Wildman–Crippen LogP) is 2.59. The molecule has 2 saturated carbocycles. The number of likely N-dealkylation sites (N-methyl/N-ethyl adjacent to an activating group) is 1. The van der Waals surface area contributed by atoms with Gasteiger partial charge in [-0.3, -0.25) is 4.79 Å². The smallest absolute Gasteiger partial charge is 0.327 e. The highest BCUT2D eigenvalue weighted by Crippen LogP contribution is 2.43. The van der Waals surface area contributed by atoms with Gasteiger partial charge in [-0.15, -0.1) is 0 Å². The zero-order chi connectivity index (χ0) is 13.0. The Kier molecular flexibility index (Phi) is 4.96. The molecule has 0 radical (unpaired) electrons. The third kappa shape index (κ3) is 3.02. The standard InChI is InChI=1S/C14H25NO2S/c1-3-15-14(11-8-9-11,13(16)17-2)10-18-12-6-4-5-7-12/h11-12,15H,3-10H2,1-2H3. The summed E-state index contributed by atoms with van der Waals surface area (Å²) in [6.45, 7) is 2.90. The van der Waals surface area contributed by atoms with Crippen LogP contribution in [0.25, 0.3) is 0 Å². The molecular formula is C14H25NO2S. The van der Waals surface area contributed by atoms with Gasteiger partial charge in [-0.2, -0.15) is 11.8 Å². The molecule has 2 rings (SSSR count). The van der Waals surface area contributed by atoms with E-state index < -0.39 is 5.54 Å². The van der Waals surface area contributed by atoms with Gasteiger partial charge >= 0.3 is 5.97 Å². The van der Waals surface area contributed by atoms with Gasteiger partial charge in [0.15, 0.2) is 0 Å². The first kappa shape index (κ1) is 14.2. The number of esters is 1. The molecule has 104 valence electrons. The summed E-state index contributed by atoms with van der Waals surface area (Å²) in [5.74, 6) is 1.30. The van der Waals surface area contributed by atoms with Crippen LogP contribution in [0.5, 0.6) is 0 Å². The normalized spacial score (nSPS) is 23.9. The van der Waals surface area contributed by atoms with Gasteiger partial charge in [0.2, 0.25) is 0 Å². The van der Waals surface area contributed by atoms with Gasteiger partial charge in [0.05, 0.1) is 7.11 Å². The summed E-state index contributed by atoms with van der Waals surface area (Å²) in [7, 11) is 1.51. The fourth-order valence-corrected chi connectivity index (χ4v) is 4.61. The third-order valence-electron chi connectivity index (χ3n) is 4.17. The minimum atomic E-state index is -0.420. The third-order valence-corrected chi connectivity index (χ3v) is 5.73. The molecule has 2 aliphatic carbocycles. The predicted molar refractivity (Wildman–Crippen MR) is 75.9 cm³/mol. The molecule has 2 aliphatic rings. The Hall–Kier alpha value is -0.220. The van der Waals surface area contributed by atoms with Crippen LogP contribution in [-0.2, 0) is 9.53 Å². The van der Waals surface area contributed by atoms with Crippen LogP contribution < -0.4 is 5.32 Å². The van der Waals surface area contributed by atoms with Crippen molar-refractivity contribution in [2.24, 2.45) is 5.92 Å².